The molecule has 0 saturated heterocycles. The lowest BCUT2D eigenvalue weighted by atomic mass is 9.87. The minimum Gasteiger partial charge on any atom is -0.507 e. The molecule has 0 unspecified atom stereocenters. The van der Waals surface area contributed by atoms with Crippen molar-refractivity contribution in [2.24, 2.45) is 0 Å². The normalized spacial score (nSPS) is 11.7. The Morgan fingerprint density at radius 2 is 1.69 bits per heavy atom. The van der Waals surface area contributed by atoms with Crippen molar-refractivity contribution in [2.75, 3.05) is 21.3 Å². The topological polar surface area (TPSA) is 127 Å². The van der Waals surface area contributed by atoms with Crippen LogP contribution in [-0.4, -0.2) is 47.2 Å². The van der Waals surface area contributed by atoms with Crippen molar-refractivity contribution < 1.29 is 34.3 Å². The Bertz CT molecular complexity index is 1280. The Morgan fingerprint density at radius 1 is 0.943 bits per heavy atom. The van der Waals surface area contributed by atoms with E-state index in [0.29, 0.717) is 34.7 Å². The third-order valence-electron chi connectivity index (χ3n) is 5.95. The molecule has 1 heterocycles. The number of aromatic nitrogens is 1. The highest BCUT2D eigenvalue weighted by molar-refractivity contribution is 5.72. The number of ether oxygens (including phenoxy) is 3. The Kier molecular flexibility index (Phi) is 7.91. The molecule has 3 N–H and O–H groups in total. The molecule has 2 aromatic carbocycles. The summed E-state index contributed by atoms with van der Waals surface area (Å²) in [6, 6.07) is 11.0. The molecular formula is C26H29NO8. The van der Waals surface area contributed by atoms with Crippen LogP contribution in [-0.2, 0) is 22.5 Å². The fourth-order valence-corrected chi connectivity index (χ4v) is 4.06. The summed E-state index contributed by atoms with van der Waals surface area (Å²) >= 11 is 0. The summed E-state index contributed by atoms with van der Waals surface area (Å²) in [6.45, 7) is 1.94. The van der Waals surface area contributed by atoms with E-state index in [1.54, 1.807) is 31.2 Å². The van der Waals surface area contributed by atoms with Crippen molar-refractivity contribution in [3.63, 3.8) is 0 Å². The number of carbonyl (C=O) groups is 1. The smallest absolute Gasteiger partial charge is 0.306 e. The molecule has 0 aliphatic heterocycles. The van der Waals surface area contributed by atoms with Crippen LogP contribution in [0.1, 0.15) is 34.7 Å². The van der Waals surface area contributed by atoms with Gasteiger partial charge in [0.2, 0.25) is 0 Å². The molecule has 1 atom stereocenters. The third kappa shape index (κ3) is 5.51. The SMILES string of the molecule is COC(=O)C[C@@H](c1ccc(OC)cc1OC)c1c(O)cc(C)n(CCc2ccc(O)c(O)c2)c1=O. The summed E-state index contributed by atoms with van der Waals surface area (Å²) in [5.41, 5.74) is 1.34. The molecule has 0 aliphatic carbocycles. The summed E-state index contributed by atoms with van der Waals surface area (Å²) in [5.74, 6) is -1.19. The quantitative estimate of drug-likeness (QED) is 0.313. The maximum absolute atomic E-state index is 13.7. The zero-order chi connectivity index (χ0) is 25.7. The van der Waals surface area contributed by atoms with E-state index in [9.17, 15) is 24.9 Å². The second-order valence-corrected chi connectivity index (χ2v) is 8.06. The summed E-state index contributed by atoms with van der Waals surface area (Å²) in [6.07, 6.45) is 0.184. The van der Waals surface area contributed by atoms with Gasteiger partial charge in [0, 0.05) is 29.8 Å². The zero-order valence-corrected chi connectivity index (χ0v) is 20.1. The van der Waals surface area contributed by atoms with Crippen molar-refractivity contribution in [3.05, 3.63) is 75.2 Å². The molecule has 3 aromatic rings. The number of aromatic hydroxyl groups is 3. The van der Waals surface area contributed by atoms with E-state index in [0.717, 1.165) is 0 Å². The lowest BCUT2D eigenvalue weighted by Gasteiger charge is -2.22. The van der Waals surface area contributed by atoms with Gasteiger partial charge in [-0.1, -0.05) is 12.1 Å². The largest absolute Gasteiger partial charge is 0.507 e. The Hall–Kier alpha value is -4.14. The van der Waals surface area contributed by atoms with E-state index in [2.05, 4.69) is 0 Å². The van der Waals surface area contributed by atoms with E-state index < -0.39 is 17.4 Å². The number of nitrogens with zero attached hydrogens (tertiary/aromatic N) is 1. The molecule has 0 saturated carbocycles. The summed E-state index contributed by atoms with van der Waals surface area (Å²) in [7, 11) is 4.23. The van der Waals surface area contributed by atoms with E-state index in [1.807, 2.05) is 0 Å². The maximum Gasteiger partial charge on any atom is 0.306 e. The third-order valence-corrected chi connectivity index (χ3v) is 5.95. The van der Waals surface area contributed by atoms with Crippen molar-refractivity contribution in [1.82, 2.24) is 4.57 Å². The highest BCUT2D eigenvalue weighted by Crippen LogP contribution is 2.39. The van der Waals surface area contributed by atoms with Gasteiger partial charge in [0.15, 0.2) is 11.5 Å². The molecule has 9 heteroatoms. The van der Waals surface area contributed by atoms with E-state index in [4.69, 9.17) is 14.2 Å². The molecule has 9 nitrogen and oxygen atoms in total. The molecule has 0 bridgehead atoms. The average molecular weight is 484 g/mol. The molecular weight excluding hydrogens is 454 g/mol. The number of carbonyl (C=O) groups excluding carboxylic acids is 1. The monoisotopic (exact) mass is 483 g/mol. The van der Waals surface area contributed by atoms with Crippen molar-refractivity contribution in [2.45, 2.75) is 32.2 Å². The first-order chi connectivity index (χ1) is 16.7. The van der Waals surface area contributed by atoms with Crippen LogP contribution >= 0.6 is 0 Å². The highest BCUT2D eigenvalue weighted by Gasteiger charge is 2.29. The minimum absolute atomic E-state index is 0.0398. The van der Waals surface area contributed by atoms with Crippen LogP contribution in [0.4, 0.5) is 0 Å². The fourth-order valence-electron chi connectivity index (χ4n) is 4.06. The number of methoxy groups -OCH3 is 3. The van der Waals surface area contributed by atoms with Crippen LogP contribution < -0.4 is 15.0 Å². The van der Waals surface area contributed by atoms with Gasteiger partial charge in [0.25, 0.3) is 5.56 Å². The summed E-state index contributed by atoms with van der Waals surface area (Å²) < 4.78 is 17.1. The van der Waals surface area contributed by atoms with E-state index in [-0.39, 0.29) is 35.8 Å². The first-order valence-electron chi connectivity index (χ1n) is 10.9. The highest BCUT2D eigenvalue weighted by atomic mass is 16.5. The Labute approximate surface area is 202 Å². The molecule has 1 aromatic heterocycles. The number of phenolic OH excluding ortho intramolecular Hbond substituents is 2. The van der Waals surface area contributed by atoms with Crippen LogP contribution in [0.25, 0.3) is 0 Å². The number of pyridine rings is 1. The number of rotatable bonds is 9. The number of aryl methyl sites for hydroxylation is 2. The molecule has 0 radical (unpaired) electrons. The molecule has 35 heavy (non-hydrogen) atoms. The molecule has 0 spiro atoms. The van der Waals surface area contributed by atoms with Gasteiger partial charge in [-0.25, -0.2) is 0 Å². The van der Waals surface area contributed by atoms with Gasteiger partial charge >= 0.3 is 5.97 Å². The summed E-state index contributed by atoms with van der Waals surface area (Å²) in [5, 5.41) is 30.1. The maximum atomic E-state index is 13.7. The Balaban J connectivity index is 2.10. The molecule has 3 rings (SSSR count). The van der Waals surface area contributed by atoms with Crippen LogP contribution in [0.2, 0.25) is 0 Å². The lowest BCUT2D eigenvalue weighted by Crippen LogP contribution is -2.29. The van der Waals surface area contributed by atoms with Crippen molar-refractivity contribution in [3.8, 4) is 28.7 Å². The predicted octanol–water partition coefficient (Wildman–Crippen LogP) is 3.23. The van der Waals surface area contributed by atoms with Crippen LogP contribution in [0.3, 0.4) is 0 Å². The van der Waals surface area contributed by atoms with Crippen LogP contribution in [0.15, 0.2) is 47.3 Å². The van der Waals surface area contributed by atoms with Gasteiger partial charge < -0.3 is 34.1 Å². The molecule has 0 amide bonds. The van der Waals surface area contributed by atoms with Crippen molar-refractivity contribution >= 4 is 5.97 Å². The van der Waals surface area contributed by atoms with Gasteiger partial charge in [-0.05, 0) is 43.2 Å². The second-order valence-electron chi connectivity index (χ2n) is 8.06. The second kappa shape index (κ2) is 10.9. The number of esters is 1. The Morgan fingerprint density at radius 3 is 2.31 bits per heavy atom. The molecule has 0 aliphatic rings. The standard InChI is InChI=1S/C26H29NO8/c1-15-11-22(30)25(26(32)27(15)10-9-16-5-8-20(28)21(29)12-16)19(14-24(31)35-4)18-7-6-17(33-2)13-23(18)34-3/h5-8,11-13,19,28-30H,9-10,14H2,1-4H3/t19-/m0/s1. The van der Waals surface area contributed by atoms with Crippen LogP contribution in [0.5, 0.6) is 28.7 Å². The van der Waals surface area contributed by atoms with Gasteiger partial charge in [0.1, 0.15) is 17.2 Å². The molecule has 186 valence electrons. The number of benzene rings is 2. The average Bonchev–Trinajstić information content (AvgIpc) is 2.84. The lowest BCUT2D eigenvalue weighted by molar-refractivity contribution is -0.140. The number of hydrogen-bond acceptors (Lipinski definition) is 8. The van der Waals surface area contributed by atoms with Gasteiger partial charge in [-0.15, -0.1) is 0 Å². The summed E-state index contributed by atoms with van der Waals surface area (Å²) in [4.78, 5) is 26.0. The van der Waals surface area contributed by atoms with Gasteiger partial charge in [-0.2, -0.15) is 0 Å². The number of phenols is 2. The molecule has 0 fully saturated rings. The van der Waals surface area contributed by atoms with Crippen LogP contribution in [0, 0.1) is 6.92 Å². The van der Waals surface area contributed by atoms with Crippen molar-refractivity contribution in [1.29, 1.82) is 0 Å². The van der Waals surface area contributed by atoms with E-state index >= 15 is 0 Å². The fraction of sp³-hybridized carbons (Fsp3) is 0.308. The first-order valence-corrected chi connectivity index (χ1v) is 10.9. The predicted molar refractivity (Wildman–Crippen MR) is 129 cm³/mol. The van der Waals surface area contributed by atoms with Gasteiger partial charge in [0.05, 0.1) is 33.3 Å². The first kappa shape index (κ1) is 25.5. The zero-order valence-electron chi connectivity index (χ0n) is 20.1. The minimum atomic E-state index is -0.847. The van der Waals surface area contributed by atoms with E-state index in [1.165, 1.54) is 44.1 Å². The number of hydrogen-bond donors (Lipinski definition) is 3. The van der Waals surface area contributed by atoms with Gasteiger partial charge in [-0.3, -0.25) is 9.59 Å².